The predicted molar refractivity (Wildman–Crippen MR) is 92.6 cm³/mol. The summed E-state index contributed by atoms with van der Waals surface area (Å²) >= 11 is 2.32. The van der Waals surface area contributed by atoms with Gasteiger partial charge in [-0.1, -0.05) is 12.1 Å². The highest BCUT2D eigenvalue weighted by Crippen LogP contribution is 2.21. The molecule has 0 radical (unpaired) electrons. The van der Waals surface area contributed by atoms with Crippen LogP contribution in [0.4, 0.5) is 5.69 Å². The Balaban J connectivity index is 1.71. The van der Waals surface area contributed by atoms with Gasteiger partial charge >= 0.3 is 0 Å². The first-order chi connectivity index (χ1) is 10.2. The maximum Gasteiger partial charge on any atom is 0.0858 e. The summed E-state index contributed by atoms with van der Waals surface area (Å²) in [5, 5.41) is 11.7. The van der Waals surface area contributed by atoms with Crippen LogP contribution >= 0.6 is 22.6 Å². The molecule has 0 fully saturated rings. The summed E-state index contributed by atoms with van der Waals surface area (Å²) in [4.78, 5) is 1.60. The molecule has 0 saturated heterocycles. The third kappa shape index (κ3) is 3.41. The van der Waals surface area contributed by atoms with E-state index in [9.17, 15) is 0 Å². The van der Waals surface area contributed by atoms with Crippen LogP contribution in [0.1, 0.15) is 18.5 Å². The van der Waals surface area contributed by atoms with E-state index in [0.717, 1.165) is 11.4 Å². The van der Waals surface area contributed by atoms with Gasteiger partial charge in [0, 0.05) is 15.3 Å². The van der Waals surface area contributed by atoms with Crippen molar-refractivity contribution in [3.63, 3.8) is 0 Å². The lowest BCUT2D eigenvalue weighted by Crippen LogP contribution is -2.06. The molecule has 5 heteroatoms. The second kappa shape index (κ2) is 6.26. The Labute approximate surface area is 137 Å². The van der Waals surface area contributed by atoms with Crippen LogP contribution in [0.25, 0.3) is 5.69 Å². The molecule has 0 bridgehead atoms. The highest BCUT2D eigenvalue weighted by atomic mass is 127. The molecule has 4 nitrogen and oxygen atoms in total. The summed E-state index contributed by atoms with van der Waals surface area (Å²) in [7, 11) is 0. The van der Waals surface area contributed by atoms with Gasteiger partial charge in [-0.2, -0.15) is 15.0 Å². The van der Waals surface area contributed by atoms with E-state index in [2.05, 4.69) is 69.3 Å². The van der Waals surface area contributed by atoms with Crippen molar-refractivity contribution in [3.05, 3.63) is 70.1 Å². The summed E-state index contributed by atoms with van der Waals surface area (Å²) in [6.45, 7) is 2.16. The second-order valence-corrected chi connectivity index (χ2v) is 6.03. The molecule has 2 aromatic carbocycles. The molecule has 3 rings (SSSR count). The number of aromatic nitrogens is 3. The first-order valence-electron chi connectivity index (χ1n) is 6.71. The molecule has 0 spiro atoms. The number of halogens is 1. The van der Waals surface area contributed by atoms with E-state index < -0.39 is 0 Å². The van der Waals surface area contributed by atoms with E-state index in [-0.39, 0.29) is 6.04 Å². The van der Waals surface area contributed by atoms with Crippen molar-refractivity contribution in [3.8, 4) is 5.69 Å². The van der Waals surface area contributed by atoms with Crippen LogP contribution in [0.2, 0.25) is 0 Å². The fourth-order valence-electron chi connectivity index (χ4n) is 2.12. The van der Waals surface area contributed by atoms with E-state index in [1.165, 1.54) is 9.13 Å². The Morgan fingerprint density at radius 1 is 0.952 bits per heavy atom. The lowest BCUT2D eigenvalue weighted by molar-refractivity contribution is 0.752. The summed E-state index contributed by atoms with van der Waals surface area (Å²) in [6.07, 6.45) is 3.34. The number of benzene rings is 2. The average Bonchev–Trinajstić information content (AvgIpc) is 3.03. The van der Waals surface area contributed by atoms with Gasteiger partial charge in [0.25, 0.3) is 0 Å². The fraction of sp³-hybridized carbons (Fsp3) is 0.125. The van der Waals surface area contributed by atoms with Crippen molar-refractivity contribution in [2.45, 2.75) is 13.0 Å². The lowest BCUT2D eigenvalue weighted by atomic mass is 10.1. The topological polar surface area (TPSA) is 42.7 Å². The Kier molecular flexibility index (Phi) is 4.19. The van der Waals surface area contributed by atoms with Gasteiger partial charge in [0.1, 0.15) is 0 Å². The van der Waals surface area contributed by atoms with Gasteiger partial charge in [-0.25, -0.2) is 0 Å². The third-order valence-corrected chi connectivity index (χ3v) is 3.99. The molecule has 1 aromatic heterocycles. The number of anilines is 1. The molecule has 3 aromatic rings. The molecular formula is C16H15IN4. The van der Waals surface area contributed by atoms with Crippen molar-refractivity contribution < 1.29 is 0 Å². The number of hydrogen-bond acceptors (Lipinski definition) is 3. The van der Waals surface area contributed by atoms with Gasteiger partial charge in [0.05, 0.1) is 18.1 Å². The standard InChI is InChI=1S/C16H15IN4/c1-12(13-2-4-14(17)5-3-13)20-15-6-8-16(9-7-15)21-18-10-11-19-21/h2-12,20H,1H3. The minimum atomic E-state index is 0.260. The Hall–Kier alpha value is -1.89. The highest BCUT2D eigenvalue weighted by molar-refractivity contribution is 14.1. The molecule has 0 aliphatic heterocycles. The maximum atomic E-state index is 4.12. The van der Waals surface area contributed by atoms with Crippen LogP contribution < -0.4 is 5.32 Å². The zero-order chi connectivity index (χ0) is 14.7. The van der Waals surface area contributed by atoms with E-state index in [1.807, 2.05) is 24.3 Å². The molecule has 1 unspecified atom stereocenters. The lowest BCUT2D eigenvalue weighted by Gasteiger charge is -2.16. The molecule has 0 saturated carbocycles. The SMILES string of the molecule is CC(Nc1ccc(-n2nccn2)cc1)c1ccc(I)cc1. The molecule has 1 atom stereocenters. The number of rotatable bonds is 4. The molecule has 0 amide bonds. The van der Waals surface area contributed by atoms with Gasteiger partial charge in [-0.05, 0) is 71.5 Å². The van der Waals surface area contributed by atoms with Gasteiger partial charge in [-0.3, -0.25) is 0 Å². The molecule has 21 heavy (non-hydrogen) atoms. The van der Waals surface area contributed by atoms with Crippen LogP contribution in [0.5, 0.6) is 0 Å². The Morgan fingerprint density at radius 3 is 2.19 bits per heavy atom. The van der Waals surface area contributed by atoms with Crippen molar-refractivity contribution in [1.82, 2.24) is 15.0 Å². The van der Waals surface area contributed by atoms with Crippen molar-refractivity contribution in [1.29, 1.82) is 0 Å². The fourth-order valence-corrected chi connectivity index (χ4v) is 2.48. The monoisotopic (exact) mass is 390 g/mol. The molecule has 0 aliphatic carbocycles. The van der Waals surface area contributed by atoms with E-state index in [4.69, 9.17) is 0 Å². The van der Waals surface area contributed by atoms with Crippen LogP contribution in [-0.2, 0) is 0 Å². The summed E-state index contributed by atoms with van der Waals surface area (Å²) in [6, 6.07) is 16.9. The first kappa shape index (κ1) is 14.1. The zero-order valence-corrected chi connectivity index (χ0v) is 13.7. The summed E-state index contributed by atoms with van der Waals surface area (Å²) < 4.78 is 1.25. The van der Waals surface area contributed by atoms with Gasteiger partial charge in [0.15, 0.2) is 0 Å². The first-order valence-corrected chi connectivity index (χ1v) is 7.79. The Morgan fingerprint density at radius 2 is 1.57 bits per heavy atom. The minimum absolute atomic E-state index is 0.260. The maximum absolute atomic E-state index is 4.12. The van der Waals surface area contributed by atoms with Gasteiger partial charge in [-0.15, -0.1) is 0 Å². The Bertz CT molecular complexity index is 690. The highest BCUT2D eigenvalue weighted by Gasteiger charge is 2.05. The minimum Gasteiger partial charge on any atom is -0.379 e. The van der Waals surface area contributed by atoms with E-state index in [0.29, 0.717) is 0 Å². The summed E-state index contributed by atoms with van der Waals surface area (Å²) in [5.41, 5.74) is 3.30. The molecule has 106 valence electrons. The molecule has 0 aliphatic rings. The number of hydrogen-bond donors (Lipinski definition) is 1. The van der Waals surface area contributed by atoms with Gasteiger partial charge in [0.2, 0.25) is 0 Å². The van der Waals surface area contributed by atoms with Crippen LogP contribution in [-0.4, -0.2) is 15.0 Å². The number of nitrogens with one attached hydrogen (secondary N) is 1. The van der Waals surface area contributed by atoms with Crippen molar-refractivity contribution in [2.75, 3.05) is 5.32 Å². The van der Waals surface area contributed by atoms with E-state index >= 15 is 0 Å². The van der Waals surface area contributed by atoms with Crippen LogP contribution in [0.15, 0.2) is 60.9 Å². The molecule has 1 heterocycles. The van der Waals surface area contributed by atoms with E-state index in [1.54, 1.807) is 17.2 Å². The quantitative estimate of drug-likeness (QED) is 0.684. The summed E-state index contributed by atoms with van der Waals surface area (Å²) in [5.74, 6) is 0. The zero-order valence-electron chi connectivity index (χ0n) is 11.6. The van der Waals surface area contributed by atoms with Crippen molar-refractivity contribution in [2.24, 2.45) is 0 Å². The average molecular weight is 390 g/mol. The van der Waals surface area contributed by atoms with Crippen LogP contribution in [0.3, 0.4) is 0 Å². The second-order valence-electron chi connectivity index (χ2n) is 4.78. The largest absolute Gasteiger partial charge is 0.379 e. The smallest absolute Gasteiger partial charge is 0.0858 e. The van der Waals surface area contributed by atoms with Crippen LogP contribution in [0, 0.1) is 3.57 Å². The third-order valence-electron chi connectivity index (χ3n) is 3.27. The van der Waals surface area contributed by atoms with Crippen molar-refractivity contribution >= 4 is 28.3 Å². The molecule has 1 N–H and O–H groups in total. The van der Waals surface area contributed by atoms with Gasteiger partial charge < -0.3 is 5.32 Å². The molecular weight excluding hydrogens is 375 g/mol. The normalized spacial score (nSPS) is 12.1. The predicted octanol–water partition coefficient (Wildman–Crippen LogP) is 4.05. The number of nitrogens with zero attached hydrogens (tertiary/aromatic N) is 3.